The van der Waals surface area contributed by atoms with Gasteiger partial charge in [-0.2, -0.15) is 0 Å². The lowest BCUT2D eigenvalue weighted by Crippen LogP contribution is -2.33. The summed E-state index contributed by atoms with van der Waals surface area (Å²) in [5.74, 6) is 4.24. The van der Waals surface area contributed by atoms with Crippen LogP contribution in [0.3, 0.4) is 0 Å². The molecule has 0 heterocycles. The molecule has 0 nitrogen and oxygen atoms in total. The molecule has 0 aromatic carbocycles. The molecule has 2 saturated carbocycles. The fourth-order valence-corrected chi connectivity index (χ4v) is 3.45. The molecule has 3 unspecified atom stereocenters. The van der Waals surface area contributed by atoms with Gasteiger partial charge in [-0.25, -0.2) is 0 Å². The summed E-state index contributed by atoms with van der Waals surface area (Å²) < 4.78 is 0. The van der Waals surface area contributed by atoms with Crippen molar-refractivity contribution < 1.29 is 0 Å². The molecule has 12 heavy (non-hydrogen) atoms. The maximum Gasteiger partial charge on any atom is -0.0358 e. The summed E-state index contributed by atoms with van der Waals surface area (Å²) in [7, 11) is 0. The fraction of sp³-hybridized carbons (Fsp3) is 1.00. The van der Waals surface area contributed by atoms with Crippen LogP contribution < -0.4 is 0 Å². The average molecular weight is 166 g/mol. The van der Waals surface area contributed by atoms with Crippen LogP contribution in [0, 0.1) is 23.7 Å². The van der Waals surface area contributed by atoms with Gasteiger partial charge in [0.25, 0.3) is 0 Å². The zero-order valence-corrected chi connectivity index (χ0v) is 8.55. The first-order valence-corrected chi connectivity index (χ1v) is 5.79. The summed E-state index contributed by atoms with van der Waals surface area (Å²) in [5, 5.41) is 0. The van der Waals surface area contributed by atoms with Crippen molar-refractivity contribution >= 4 is 0 Å². The minimum absolute atomic E-state index is 1.00. The predicted molar refractivity (Wildman–Crippen MR) is 53.0 cm³/mol. The molecule has 2 fully saturated rings. The monoisotopic (exact) mass is 166 g/mol. The Hall–Kier alpha value is 0. The molecular weight excluding hydrogens is 144 g/mol. The molecule has 0 N–H and O–H groups in total. The van der Waals surface area contributed by atoms with E-state index in [2.05, 4.69) is 13.8 Å². The van der Waals surface area contributed by atoms with Crippen LogP contribution in [0.5, 0.6) is 0 Å². The van der Waals surface area contributed by atoms with E-state index in [4.69, 9.17) is 0 Å². The molecule has 0 amide bonds. The highest BCUT2D eigenvalue weighted by Gasteiger charge is 2.35. The lowest BCUT2D eigenvalue weighted by Gasteiger charge is -2.43. The SMILES string of the molecule is CC1CC[C@H]2CCCCC2C1C. The molecule has 2 aliphatic carbocycles. The number of fused-ring (bicyclic) bond motifs is 1. The lowest BCUT2D eigenvalue weighted by molar-refractivity contribution is 0.0734. The number of hydrogen-bond acceptors (Lipinski definition) is 0. The van der Waals surface area contributed by atoms with Gasteiger partial charge in [0.05, 0.1) is 0 Å². The van der Waals surface area contributed by atoms with E-state index in [9.17, 15) is 0 Å². The molecule has 0 heteroatoms. The Morgan fingerprint density at radius 3 is 2.42 bits per heavy atom. The highest BCUT2D eigenvalue weighted by molar-refractivity contribution is 4.85. The highest BCUT2D eigenvalue weighted by Crippen LogP contribution is 2.45. The zero-order chi connectivity index (χ0) is 8.55. The van der Waals surface area contributed by atoms with Crippen molar-refractivity contribution in [2.45, 2.75) is 52.4 Å². The normalized spacial score (nSPS) is 48.5. The Kier molecular flexibility index (Phi) is 2.43. The van der Waals surface area contributed by atoms with Crippen molar-refractivity contribution in [2.75, 3.05) is 0 Å². The van der Waals surface area contributed by atoms with Crippen molar-refractivity contribution in [3.63, 3.8) is 0 Å². The summed E-state index contributed by atoms with van der Waals surface area (Å²) in [5.41, 5.74) is 0. The third kappa shape index (κ3) is 1.41. The molecule has 0 spiro atoms. The van der Waals surface area contributed by atoms with E-state index >= 15 is 0 Å². The van der Waals surface area contributed by atoms with Crippen LogP contribution in [0.2, 0.25) is 0 Å². The maximum atomic E-state index is 2.49. The van der Waals surface area contributed by atoms with Crippen LogP contribution in [-0.2, 0) is 0 Å². The summed E-state index contributed by atoms with van der Waals surface area (Å²) >= 11 is 0. The van der Waals surface area contributed by atoms with E-state index in [1.165, 1.54) is 32.1 Å². The van der Waals surface area contributed by atoms with Crippen molar-refractivity contribution in [2.24, 2.45) is 23.7 Å². The minimum atomic E-state index is 1.00. The van der Waals surface area contributed by atoms with Gasteiger partial charge in [0.2, 0.25) is 0 Å². The van der Waals surface area contributed by atoms with Crippen molar-refractivity contribution in [1.82, 2.24) is 0 Å². The summed E-state index contributed by atoms with van der Waals surface area (Å²) in [6.07, 6.45) is 9.15. The largest absolute Gasteiger partial charge is 0.0622 e. The van der Waals surface area contributed by atoms with E-state index in [0.717, 1.165) is 23.7 Å². The Balaban J connectivity index is 2.03. The first-order valence-electron chi connectivity index (χ1n) is 5.79. The van der Waals surface area contributed by atoms with Crippen LogP contribution in [-0.4, -0.2) is 0 Å². The molecule has 0 bridgehead atoms. The third-order valence-corrected chi connectivity index (χ3v) is 4.53. The first kappa shape index (κ1) is 8.59. The van der Waals surface area contributed by atoms with Crippen molar-refractivity contribution in [3.05, 3.63) is 0 Å². The van der Waals surface area contributed by atoms with Gasteiger partial charge in [-0.1, -0.05) is 39.5 Å². The summed E-state index contributed by atoms with van der Waals surface area (Å²) in [6, 6.07) is 0. The molecule has 2 rings (SSSR count). The predicted octanol–water partition coefficient (Wildman–Crippen LogP) is 3.86. The van der Waals surface area contributed by atoms with Crippen LogP contribution in [0.15, 0.2) is 0 Å². The van der Waals surface area contributed by atoms with E-state index in [1.807, 2.05) is 0 Å². The van der Waals surface area contributed by atoms with Gasteiger partial charge in [0.15, 0.2) is 0 Å². The summed E-state index contributed by atoms with van der Waals surface area (Å²) in [6.45, 7) is 4.95. The lowest BCUT2D eigenvalue weighted by atomic mass is 9.63. The molecular formula is C12H22. The van der Waals surface area contributed by atoms with E-state index in [-0.39, 0.29) is 0 Å². The molecule has 0 saturated heterocycles. The molecule has 70 valence electrons. The Morgan fingerprint density at radius 2 is 1.58 bits per heavy atom. The Labute approximate surface area is 76.7 Å². The molecule has 2 aliphatic rings. The molecule has 0 aromatic rings. The van der Waals surface area contributed by atoms with Crippen LogP contribution in [0.4, 0.5) is 0 Å². The summed E-state index contributed by atoms with van der Waals surface area (Å²) in [4.78, 5) is 0. The maximum absolute atomic E-state index is 2.49. The molecule has 0 aliphatic heterocycles. The van der Waals surface area contributed by atoms with Crippen LogP contribution in [0.25, 0.3) is 0 Å². The third-order valence-electron chi connectivity index (χ3n) is 4.53. The highest BCUT2D eigenvalue weighted by atomic mass is 14.4. The van der Waals surface area contributed by atoms with Crippen molar-refractivity contribution in [3.8, 4) is 0 Å². The van der Waals surface area contributed by atoms with E-state index in [1.54, 1.807) is 6.42 Å². The second kappa shape index (κ2) is 3.40. The fourth-order valence-electron chi connectivity index (χ4n) is 3.45. The van der Waals surface area contributed by atoms with Crippen LogP contribution >= 0.6 is 0 Å². The smallest absolute Gasteiger partial charge is 0.0358 e. The van der Waals surface area contributed by atoms with Crippen LogP contribution in [0.1, 0.15) is 52.4 Å². The first-order chi connectivity index (χ1) is 5.79. The molecule has 4 atom stereocenters. The standard InChI is InChI=1S/C12H22/c1-9-7-8-11-5-3-4-6-12(11)10(9)2/h9-12H,3-8H2,1-2H3/t9?,10?,11-,12?/m1/s1. The molecule has 0 radical (unpaired) electrons. The average Bonchev–Trinajstić information content (AvgIpc) is 2.12. The topological polar surface area (TPSA) is 0 Å². The number of rotatable bonds is 0. The van der Waals surface area contributed by atoms with Crippen molar-refractivity contribution in [1.29, 1.82) is 0 Å². The van der Waals surface area contributed by atoms with Gasteiger partial charge in [-0.15, -0.1) is 0 Å². The number of hydrogen-bond donors (Lipinski definition) is 0. The van der Waals surface area contributed by atoms with E-state index in [0.29, 0.717) is 0 Å². The zero-order valence-electron chi connectivity index (χ0n) is 8.55. The van der Waals surface area contributed by atoms with Gasteiger partial charge in [-0.3, -0.25) is 0 Å². The van der Waals surface area contributed by atoms with Gasteiger partial charge >= 0.3 is 0 Å². The van der Waals surface area contributed by atoms with Gasteiger partial charge in [-0.05, 0) is 36.5 Å². The molecule has 0 aromatic heterocycles. The van der Waals surface area contributed by atoms with E-state index < -0.39 is 0 Å². The second-order valence-corrected chi connectivity index (χ2v) is 5.12. The van der Waals surface area contributed by atoms with Gasteiger partial charge < -0.3 is 0 Å². The Bertz CT molecular complexity index is 148. The second-order valence-electron chi connectivity index (χ2n) is 5.12. The van der Waals surface area contributed by atoms with Gasteiger partial charge in [0, 0.05) is 0 Å². The quantitative estimate of drug-likeness (QED) is 0.512. The van der Waals surface area contributed by atoms with Gasteiger partial charge in [0.1, 0.15) is 0 Å². The Morgan fingerprint density at radius 1 is 0.833 bits per heavy atom. The minimum Gasteiger partial charge on any atom is -0.0622 e.